The maximum Gasteiger partial charge on any atom is 0.224 e. The van der Waals surface area contributed by atoms with Gasteiger partial charge in [-0.2, -0.15) is 0 Å². The van der Waals surface area contributed by atoms with E-state index in [0.29, 0.717) is 6.42 Å². The molecule has 0 aromatic carbocycles. The molecule has 0 bridgehead atoms. The summed E-state index contributed by atoms with van der Waals surface area (Å²) >= 11 is 1.34. The summed E-state index contributed by atoms with van der Waals surface area (Å²) in [7, 11) is 0. The van der Waals surface area contributed by atoms with E-state index in [0.717, 1.165) is 19.4 Å². The summed E-state index contributed by atoms with van der Waals surface area (Å²) in [5.41, 5.74) is 0.0414. The first-order valence-electron chi connectivity index (χ1n) is 6.99. The number of hydrogen-bond donors (Lipinski definition) is 0. The Morgan fingerprint density at radius 3 is 2.44 bits per heavy atom. The van der Waals surface area contributed by atoms with Crippen molar-refractivity contribution in [1.29, 1.82) is 0 Å². The zero-order valence-corrected chi connectivity index (χ0v) is 12.2. The van der Waals surface area contributed by atoms with Gasteiger partial charge in [-0.1, -0.05) is 37.4 Å². The summed E-state index contributed by atoms with van der Waals surface area (Å²) in [6.45, 7) is 4.59. The highest BCUT2D eigenvalue weighted by molar-refractivity contribution is 8.14. The zero-order chi connectivity index (χ0) is 13.2. The van der Waals surface area contributed by atoms with Gasteiger partial charge in [0.1, 0.15) is 0 Å². The molecule has 0 aromatic rings. The maximum absolute atomic E-state index is 12.2. The molecule has 1 amide bonds. The first kappa shape index (κ1) is 13.9. The lowest BCUT2D eigenvalue weighted by molar-refractivity contribution is -0.133. The molecule has 1 unspecified atom stereocenters. The largest absolute Gasteiger partial charge is 0.336 e. The van der Waals surface area contributed by atoms with Crippen molar-refractivity contribution in [2.24, 2.45) is 0 Å². The lowest BCUT2D eigenvalue weighted by Gasteiger charge is -2.38. The van der Waals surface area contributed by atoms with Crippen LogP contribution in [0.25, 0.3) is 0 Å². The summed E-state index contributed by atoms with van der Waals surface area (Å²) < 4.78 is 0. The molecule has 0 radical (unpaired) electrons. The van der Waals surface area contributed by atoms with Gasteiger partial charge < -0.3 is 4.90 Å². The maximum atomic E-state index is 12.2. The van der Waals surface area contributed by atoms with Gasteiger partial charge in [-0.15, -0.1) is 0 Å². The van der Waals surface area contributed by atoms with Crippen molar-refractivity contribution in [2.45, 2.75) is 69.6 Å². The number of carbonyl (C=O) groups excluding carboxylic acids is 2. The molecule has 2 aliphatic rings. The second-order valence-electron chi connectivity index (χ2n) is 5.85. The molecule has 1 heterocycles. The normalized spacial score (nSPS) is 28.2. The smallest absolute Gasteiger partial charge is 0.224 e. The van der Waals surface area contributed by atoms with E-state index in [1.807, 2.05) is 0 Å². The molecular formula is C14H23NO2S. The number of nitrogens with zero attached hydrogens (tertiary/aromatic N) is 1. The predicted octanol–water partition coefficient (Wildman–Crippen LogP) is 2.98. The molecular weight excluding hydrogens is 246 g/mol. The summed E-state index contributed by atoms with van der Waals surface area (Å²) in [5.74, 6) is 0.248. The van der Waals surface area contributed by atoms with Gasteiger partial charge in [0.2, 0.25) is 5.91 Å². The van der Waals surface area contributed by atoms with Crippen molar-refractivity contribution in [3.05, 3.63) is 0 Å². The second kappa shape index (κ2) is 5.64. The van der Waals surface area contributed by atoms with E-state index in [2.05, 4.69) is 11.8 Å². The quantitative estimate of drug-likeness (QED) is 0.723. The summed E-state index contributed by atoms with van der Waals surface area (Å²) in [6, 6.07) is 0. The van der Waals surface area contributed by atoms with Crippen molar-refractivity contribution in [2.75, 3.05) is 6.54 Å². The zero-order valence-electron chi connectivity index (χ0n) is 11.4. The molecule has 1 aliphatic carbocycles. The summed E-state index contributed by atoms with van der Waals surface area (Å²) in [4.78, 5) is 25.4. The minimum Gasteiger partial charge on any atom is -0.336 e. The molecule has 2 rings (SSSR count). The monoisotopic (exact) mass is 269 g/mol. The van der Waals surface area contributed by atoms with E-state index in [1.165, 1.54) is 37.4 Å². The van der Waals surface area contributed by atoms with Crippen LogP contribution >= 0.6 is 11.8 Å². The number of likely N-dealkylation sites (tertiary alicyclic amines) is 1. The fourth-order valence-electron chi connectivity index (χ4n) is 3.27. The van der Waals surface area contributed by atoms with Crippen LogP contribution in [0.4, 0.5) is 0 Å². The van der Waals surface area contributed by atoms with Crippen LogP contribution < -0.4 is 0 Å². The highest BCUT2D eigenvalue weighted by Crippen LogP contribution is 2.37. The molecule has 102 valence electrons. The van der Waals surface area contributed by atoms with Gasteiger partial charge in [-0.05, 0) is 19.8 Å². The SMILES string of the molecule is CC(=O)SC1CC(=O)N(C2(C)CCCCCC2)C1. The van der Waals surface area contributed by atoms with Crippen LogP contribution in [0.15, 0.2) is 0 Å². The summed E-state index contributed by atoms with van der Waals surface area (Å²) in [5, 5.41) is 0.302. The Morgan fingerprint density at radius 1 is 1.28 bits per heavy atom. The molecule has 3 nitrogen and oxygen atoms in total. The van der Waals surface area contributed by atoms with Gasteiger partial charge in [0, 0.05) is 30.7 Å². The van der Waals surface area contributed by atoms with Crippen LogP contribution in [0, 0.1) is 0 Å². The first-order valence-corrected chi connectivity index (χ1v) is 7.87. The van der Waals surface area contributed by atoms with Crippen LogP contribution in [0.3, 0.4) is 0 Å². The predicted molar refractivity (Wildman–Crippen MR) is 74.5 cm³/mol. The Kier molecular flexibility index (Phi) is 4.36. The number of amides is 1. The standard InChI is InChI=1S/C14H23NO2S/c1-11(16)18-12-9-13(17)15(10-12)14(2)7-5-3-4-6-8-14/h12H,3-10H2,1-2H3. The Balaban J connectivity index is 2.03. The Morgan fingerprint density at radius 2 is 1.89 bits per heavy atom. The van der Waals surface area contributed by atoms with Crippen LogP contribution in [-0.4, -0.2) is 33.3 Å². The van der Waals surface area contributed by atoms with Crippen LogP contribution in [0.1, 0.15) is 58.8 Å². The van der Waals surface area contributed by atoms with Gasteiger partial charge in [-0.3, -0.25) is 9.59 Å². The summed E-state index contributed by atoms with van der Waals surface area (Å²) in [6.07, 6.45) is 7.83. The Bertz CT molecular complexity index is 335. The molecule has 1 saturated heterocycles. The number of carbonyl (C=O) groups is 2. The molecule has 4 heteroatoms. The fourth-order valence-corrected chi connectivity index (χ4v) is 4.19. The molecule has 1 atom stereocenters. The molecule has 2 fully saturated rings. The topological polar surface area (TPSA) is 37.4 Å². The van der Waals surface area contributed by atoms with Gasteiger partial charge in [0.05, 0.1) is 0 Å². The van der Waals surface area contributed by atoms with Crippen molar-refractivity contribution in [1.82, 2.24) is 4.90 Å². The minimum absolute atomic E-state index is 0.0414. The van der Waals surface area contributed by atoms with Crippen molar-refractivity contribution < 1.29 is 9.59 Å². The minimum atomic E-state index is 0.0414. The van der Waals surface area contributed by atoms with E-state index >= 15 is 0 Å². The second-order valence-corrected chi connectivity index (χ2v) is 7.33. The molecule has 1 aliphatic heterocycles. The first-order chi connectivity index (χ1) is 8.51. The van der Waals surface area contributed by atoms with Crippen LogP contribution in [0.2, 0.25) is 0 Å². The molecule has 1 saturated carbocycles. The number of thioether (sulfide) groups is 1. The molecule has 0 spiro atoms. The third-order valence-corrected chi connectivity index (χ3v) is 5.24. The lowest BCUT2D eigenvalue weighted by atomic mass is 9.91. The average Bonchev–Trinajstić information content (AvgIpc) is 2.51. The third kappa shape index (κ3) is 3.08. The van der Waals surface area contributed by atoms with Gasteiger partial charge in [0.25, 0.3) is 0 Å². The Labute approximate surface area is 114 Å². The highest BCUT2D eigenvalue weighted by atomic mass is 32.2. The fraction of sp³-hybridized carbons (Fsp3) is 0.857. The van der Waals surface area contributed by atoms with E-state index in [1.54, 1.807) is 6.92 Å². The van der Waals surface area contributed by atoms with Crippen molar-refractivity contribution >= 4 is 22.8 Å². The van der Waals surface area contributed by atoms with Crippen molar-refractivity contribution in [3.63, 3.8) is 0 Å². The molecule has 0 aromatic heterocycles. The van der Waals surface area contributed by atoms with Gasteiger partial charge in [-0.25, -0.2) is 0 Å². The lowest BCUT2D eigenvalue weighted by Crippen LogP contribution is -2.47. The van der Waals surface area contributed by atoms with Gasteiger partial charge in [0.15, 0.2) is 5.12 Å². The number of hydrogen-bond acceptors (Lipinski definition) is 3. The van der Waals surface area contributed by atoms with E-state index in [-0.39, 0.29) is 21.8 Å². The van der Waals surface area contributed by atoms with Gasteiger partial charge >= 0.3 is 0 Å². The molecule has 18 heavy (non-hydrogen) atoms. The highest BCUT2D eigenvalue weighted by Gasteiger charge is 2.41. The Hall–Kier alpha value is -0.510. The van der Waals surface area contributed by atoms with E-state index < -0.39 is 0 Å². The van der Waals surface area contributed by atoms with Crippen LogP contribution in [-0.2, 0) is 9.59 Å². The third-order valence-electron chi connectivity index (χ3n) is 4.25. The average molecular weight is 269 g/mol. The van der Waals surface area contributed by atoms with Crippen molar-refractivity contribution in [3.8, 4) is 0 Å². The molecule has 0 N–H and O–H groups in total. The van der Waals surface area contributed by atoms with E-state index in [9.17, 15) is 9.59 Å². The van der Waals surface area contributed by atoms with Crippen LogP contribution in [0.5, 0.6) is 0 Å². The van der Waals surface area contributed by atoms with E-state index in [4.69, 9.17) is 0 Å². The number of rotatable bonds is 2.